The molecule has 2 aromatic rings. The lowest BCUT2D eigenvalue weighted by molar-refractivity contribution is 0.575. The SMILES string of the molecule is CCNc1nc(N(CC)c2ccc(C)cc2)c(F)cc1F. The second-order valence-electron chi connectivity index (χ2n) is 4.73. The fourth-order valence-electron chi connectivity index (χ4n) is 2.12. The Morgan fingerprint density at radius 2 is 1.76 bits per heavy atom. The van der Waals surface area contributed by atoms with E-state index in [1.54, 1.807) is 4.90 Å². The van der Waals surface area contributed by atoms with E-state index in [4.69, 9.17) is 0 Å². The van der Waals surface area contributed by atoms with E-state index in [1.807, 2.05) is 45.0 Å². The lowest BCUT2D eigenvalue weighted by Gasteiger charge is -2.23. The number of rotatable bonds is 5. The van der Waals surface area contributed by atoms with E-state index < -0.39 is 11.6 Å². The van der Waals surface area contributed by atoms with E-state index in [9.17, 15) is 8.78 Å². The average Bonchev–Trinajstić information content (AvgIpc) is 2.46. The molecule has 1 aromatic carbocycles. The Bertz CT molecular complexity index is 612. The van der Waals surface area contributed by atoms with Gasteiger partial charge in [0.2, 0.25) is 0 Å². The van der Waals surface area contributed by atoms with Crippen molar-refractivity contribution in [3.05, 3.63) is 47.5 Å². The van der Waals surface area contributed by atoms with Gasteiger partial charge >= 0.3 is 0 Å². The van der Waals surface area contributed by atoms with Crippen LogP contribution in [-0.2, 0) is 0 Å². The van der Waals surface area contributed by atoms with Gasteiger partial charge in [0.15, 0.2) is 23.3 Å². The Morgan fingerprint density at radius 1 is 1.10 bits per heavy atom. The van der Waals surface area contributed by atoms with Gasteiger partial charge in [0.1, 0.15) is 0 Å². The molecule has 0 aliphatic heterocycles. The van der Waals surface area contributed by atoms with Crippen LogP contribution in [0.25, 0.3) is 0 Å². The van der Waals surface area contributed by atoms with Crippen LogP contribution in [0.2, 0.25) is 0 Å². The van der Waals surface area contributed by atoms with E-state index in [0.717, 1.165) is 17.3 Å². The number of nitrogens with zero attached hydrogens (tertiary/aromatic N) is 2. The highest BCUT2D eigenvalue weighted by Gasteiger charge is 2.17. The Hall–Kier alpha value is -2.17. The van der Waals surface area contributed by atoms with Gasteiger partial charge in [0, 0.05) is 24.8 Å². The standard InChI is InChI=1S/C16H19F2N3/c1-4-19-15-13(17)10-14(18)16(20-15)21(5-2)12-8-6-11(3)7-9-12/h6-10H,4-5H2,1-3H3,(H,19,20). The predicted molar refractivity (Wildman–Crippen MR) is 82.2 cm³/mol. The largest absolute Gasteiger partial charge is 0.368 e. The van der Waals surface area contributed by atoms with Gasteiger partial charge in [-0.1, -0.05) is 17.7 Å². The monoisotopic (exact) mass is 291 g/mol. The number of hydrogen-bond acceptors (Lipinski definition) is 3. The van der Waals surface area contributed by atoms with Crippen LogP contribution in [0.15, 0.2) is 30.3 Å². The molecule has 5 heteroatoms. The molecule has 0 fully saturated rings. The smallest absolute Gasteiger partial charge is 0.171 e. The zero-order chi connectivity index (χ0) is 15.4. The molecule has 0 aliphatic rings. The van der Waals surface area contributed by atoms with Gasteiger partial charge in [-0.15, -0.1) is 0 Å². The molecule has 0 saturated carbocycles. The molecule has 0 spiro atoms. The third-order valence-electron chi connectivity index (χ3n) is 3.17. The number of halogens is 2. The molecule has 0 atom stereocenters. The van der Waals surface area contributed by atoms with Crippen molar-refractivity contribution in [3.8, 4) is 0 Å². The molecule has 21 heavy (non-hydrogen) atoms. The van der Waals surface area contributed by atoms with Gasteiger partial charge in [0.05, 0.1) is 0 Å². The molecule has 112 valence electrons. The number of hydrogen-bond donors (Lipinski definition) is 1. The molecule has 3 nitrogen and oxygen atoms in total. The maximum absolute atomic E-state index is 14.1. The van der Waals surface area contributed by atoms with Gasteiger partial charge in [-0.25, -0.2) is 13.8 Å². The first-order chi connectivity index (χ1) is 10.1. The first kappa shape index (κ1) is 15.2. The lowest BCUT2D eigenvalue weighted by atomic mass is 10.2. The van der Waals surface area contributed by atoms with Gasteiger partial charge < -0.3 is 10.2 Å². The summed E-state index contributed by atoms with van der Waals surface area (Å²) in [4.78, 5) is 5.81. The molecule has 1 heterocycles. The maximum Gasteiger partial charge on any atom is 0.171 e. The molecular weight excluding hydrogens is 272 g/mol. The molecule has 0 aliphatic carbocycles. The highest BCUT2D eigenvalue weighted by Crippen LogP contribution is 2.28. The summed E-state index contributed by atoms with van der Waals surface area (Å²) in [6.45, 7) is 6.77. The van der Waals surface area contributed by atoms with Crippen molar-refractivity contribution < 1.29 is 8.78 Å². The average molecular weight is 291 g/mol. The van der Waals surface area contributed by atoms with Crippen LogP contribution in [-0.4, -0.2) is 18.1 Å². The summed E-state index contributed by atoms with van der Waals surface area (Å²) in [5.41, 5.74) is 1.94. The number of pyridine rings is 1. The van der Waals surface area contributed by atoms with Crippen LogP contribution in [0.5, 0.6) is 0 Å². The third kappa shape index (κ3) is 3.29. The van der Waals surface area contributed by atoms with E-state index in [1.165, 1.54) is 0 Å². The first-order valence-corrected chi connectivity index (χ1v) is 7.01. The number of aromatic nitrogens is 1. The number of nitrogens with one attached hydrogen (secondary N) is 1. The quantitative estimate of drug-likeness (QED) is 0.892. The van der Waals surface area contributed by atoms with Gasteiger partial charge in [-0.2, -0.15) is 0 Å². The van der Waals surface area contributed by atoms with Gasteiger partial charge in [-0.3, -0.25) is 0 Å². The fourth-order valence-corrected chi connectivity index (χ4v) is 2.12. The molecule has 0 bridgehead atoms. The Balaban J connectivity index is 2.46. The highest BCUT2D eigenvalue weighted by molar-refractivity contribution is 5.62. The molecule has 0 saturated heterocycles. The number of benzene rings is 1. The minimum absolute atomic E-state index is 0.0689. The van der Waals surface area contributed by atoms with Crippen LogP contribution >= 0.6 is 0 Å². The Kier molecular flexibility index (Phi) is 4.73. The van der Waals surface area contributed by atoms with E-state index in [-0.39, 0.29) is 11.6 Å². The minimum atomic E-state index is -0.682. The van der Waals surface area contributed by atoms with Crippen molar-refractivity contribution in [3.63, 3.8) is 0 Å². The molecule has 1 aromatic heterocycles. The summed E-state index contributed by atoms with van der Waals surface area (Å²) in [7, 11) is 0. The molecule has 1 N–H and O–H groups in total. The Morgan fingerprint density at radius 3 is 2.33 bits per heavy atom. The molecule has 0 amide bonds. The first-order valence-electron chi connectivity index (χ1n) is 7.01. The van der Waals surface area contributed by atoms with Crippen molar-refractivity contribution in [1.29, 1.82) is 0 Å². The van der Waals surface area contributed by atoms with Gasteiger partial charge in [-0.05, 0) is 32.9 Å². The zero-order valence-electron chi connectivity index (χ0n) is 12.5. The summed E-state index contributed by atoms with van der Waals surface area (Å²) in [5, 5.41) is 2.80. The molecule has 2 rings (SSSR count). The second kappa shape index (κ2) is 6.52. The van der Waals surface area contributed by atoms with Gasteiger partial charge in [0.25, 0.3) is 0 Å². The van der Waals surface area contributed by atoms with Crippen molar-refractivity contribution in [2.75, 3.05) is 23.3 Å². The van der Waals surface area contributed by atoms with Crippen LogP contribution in [0, 0.1) is 18.6 Å². The van der Waals surface area contributed by atoms with Crippen molar-refractivity contribution in [2.45, 2.75) is 20.8 Å². The summed E-state index contributed by atoms with van der Waals surface area (Å²) in [6.07, 6.45) is 0. The third-order valence-corrected chi connectivity index (χ3v) is 3.17. The van der Waals surface area contributed by atoms with Crippen LogP contribution in [0.1, 0.15) is 19.4 Å². The van der Waals surface area contributed by atoms with Crippen LogP contribution < -0.4 is 10.2 Å². The summed E-state index contributed by atoms with van der Waals surface area (Å²) in [6, 6.07) is 8.57. The predicted octanol–water partition coefficient (Wildman–Crippen LogP) is 4.26. The molecular formula is C16H19F2N3. The van der Waals surface area contributed by atoms with Crippen molar-refractivity contribution in [2.24, 2.45) is 0 Å². The summed E-state index contributed by atoms with van der Waals surface area (Å²) in [5.74, 6) is -1.16. The molecule has 0 radical (unpaired) electrons. The fraction of sp³-hybridized carbons (Fsp3) is 0.312. The van der Waals surface area contributed by atoms with E-state index in [2.05, 4.69) is 10.3 Å². The normalized spacial score (nSPS) is 10.5. The van der Waals surface area contributed by atoms with Crippen LogP contribution in [0.3, 0.4) is 0 Å². The second-order valence-corrected chi connectivity index (χ2v) is 4.73. The number of anilines is 3. The topological polar surface area (TPSA) is 28.2 Å². The lowest BCUT2D eigenvalue weighted by Crippen LogP contribution is -2.20. The van der Waals surface area contributed by atoms with Crippen molar-refractivity contribution >= 4 is 17.3 Å². The van der Waals surface area contributed by atoms with E-state index in [0.29, 0.717) is 13.1 Å². The zero-order valence-corrected chi connectivity index (χ0v) is 12.5. The summed E-state index contributed by atoms with van der Waals surface area (Å²) < 4.78 is 27.8. The highest BCUT2D eigenvalue weighted by atomic mass is 19.1. The number of aryl methyl sites for hydroxylation is 1. The van der Waals surface area contributed by atoms with Crippen molar-refractivity contribution in [1.82, 2.24) is 4.98 Å². The van der Waals surface area contributed by atoms with E-state index >= 15 is 0 Å². The maximum atomic E-state index is 14.1. The Labute approximate surface area is 123 Å². The van der Waals surface area contributed by atoms with Crippen LogP contribution in [0.4, 0.5) is 26.1 Å². The summed E-state index contributed by atoms with van der Waals surface area (Å²) >= 11 is 0. The molecule has 0 unspecified atom stereocenters. The minimum Gasteiger partial charge on any atom is -0.368 e.